The van der Waals surface area contributed by atoms with Crippen molar-refractivity contribution < 1.29 is 33.0 Å². The van der Waals surface area contributed by atoms with Gasteiger partial charge in [-0.05, 0) is 18.2 Å². The van der Waals surface area contributed by atoms with E-state index >= 15 is 0 Å². The van der Waals surface area contributed by atoms with Gasteiger partial charge in [0.15, 0.2) is 5.84 Å². The van der Waals surface area contributed by atoms with Crippen LogP contribution in [0.5, 0.6) is 0 Å². The molecule has 24 heavy (non-hydrogen) atoms. The molecule has 0 aliphatic heterocycles. The van der Waals surface area contributed by atoms with Gasteiger partial charge < -0.3 is 11.5 Å². The zero-order valence-corrected chi connectivity index (χ0v) is 12.3. The Balaban J connectivity index is 3.37. The van der Waals surface area contributed by atoms with Crippen LogP contribution in [0.25, 0.3) is 0 Å². The van der Waals surface area contributed by atoms with Crippen molar-refractivity contribution in [2.75, 3.05) is 0 Å². The zero-order valence-electron chi connectivity index (χ0n) is 11.5. The van der Waals surface area contributed by atoms with E-state index in [0.717, 1.165) is 12.3 Å². The minimum absolute atomic E-state index is 0.0915. The number of carbonyl (C=O) groups is 1. The highest BCUT2D eigenvalue weighted by Crippen LogP contribution is 3.02. The van der Waals surface area contributed by atoms with Gasteiger partial charge in [-0.1, -0.05) is 19.4 Å². The Labute approximate surface area is 130 Å². The summed E-state index contributed by atoms with van der Waals surface area (Å²) in [5, 5.41) is 3.24. The number of alkyl halides is 2. The molecule has 0 saturated carbocycles. The third kappa shape index (κ3) is 5.64. The zero-order chi connectivity index (χ0) is 18.8. The van der Waals surface area contributed by atoms with Crippen LogP contribution in [0, 0.1) is 0 Å². The van der Waals surface area contributed by atoms with Gasteiger partial charge in [-0.25, -0.2) is 8.78 Å². The van der Waals surface area contributed by atoms with E-state index in [1.165, 1.54) is 0 Å². The van der Waals surface area contributed by atoms with Crippen LogP contribution in [0.3, 0.4) is 0 Å². The number of nitrogens with two attached hydrogens (primary N) is 2. The molecule has 0 aliphatic carbocycles. The fourth-order valence-electron chi connectivity index (χ4n) is 1.41. The number of hydrogen-bond donors (Lipinski definition) is 3. The van der Waals surface area contributed by atoms with Crippen LogP contribution in [-0.4, -0.2) is 11.7 Å². The summed E-state index contributed by atoms with van der Waals surface area (Å²) in [6.07, 6.45) is -1.83. The Morgan fingerprint density at radius 2 is 1.71 bits per heavy atom. The van der Waals surface area contributed by atoms with E-state index in [9.17, 15) is 33.0 Å². The summed E-state index contributed by atoms with van der Waals surface area (Å²) in [5.74, 6) is -1.69. The minimum Gasteiger partial charge on any atom is -0.382 e. The molecule has 5 nitrogen and oxygen atoms in total. The highest BCUT2D eigenvalue weighted by Gasteiger charge is 2.65. The van der Waals surface area contributed by atoms with Gasteiger partial charge in [-0.2, -0.15) is 5.10 Å². The molecule has 0 heterocycles. The maximum atomic E-state index is 12.8. The first kappa shape index (κ1) is 19.6. The van der Waals surface area contributed by atoms with E-state index in [0.29, 0.717) is 6.07 Å². The Kier molecular flexibility index (Phi) is 4.56. The van der Waals surface area contributed by atoms with Crippen LogP contribution < -0.4 is 16.9 Å². The highest BCUT2D eigenvalue weighted by atomic mass is 32.5. The van der Waals surface area contributed by atoms with Crippen LogP contribution in [0.4, 0.5) is 28.2 Å². The number of rotatable bonds is 6. The first-order valence-electron chi connectivity index (χ1n) is 5.82. The minimum atomic E-state index is -10.2. The Hall–Kier alpha value is -2.44. The van der Waals surface area contributed by atoms with Crippen LogP contribution >= 0.6 is 10.2 Å². The summed E-state index contributed by atoms with van der Waals surface area (Å²) in [6, 6.07) is 0.0468. The quantitative estimate of drug-likeness (QED) is 0.232. The van der Waals surface area contributed by atoms with E-state index in [1.54, 1.807) is 0 Å². The Bertz CT molecular complexity index is 715. The van der Waals surface area contributed by atoms with Gasteiger partial charge in [0.05, 0.1) is 0 Å². The summed E-state index contributed by atoms with van der Waals surface area (Å²) in [7, 11) is -10.2. The summed E-state index contributed by atoms with van der Waals surface area (Å²) in [6.45, 7) is 0. The average Bonchev–Trinajstić information content (AvgIpc) is 2.40. The molecule has 1 rings (SSSR count). The number of amides is 1. The van der Waals surface area contributed by atoms with Gasteiger partial charge >= 0.3 is 10.2 Å². The fourth-order valence-corrected chi connectivity index (χ4v) is 2.12. The topological polar surface area (TPSA) is 93.5 Å². The standard InChI is InChI=1S/C11H11F7N4OS/c12-10(13)6-3-7(11(20)22-21-2-1-9(19)23)5-8(4-6)24(14,15,16,17)18/h1-5,10,21H,(H2,19,23)(H2,20,22)/b2-1-. The van der Waals surface area contributed by atoms with Crippen molar-refractivity contribution in [3.05, 3.63) is 41.6 Å². The lowest BCUT2D eigenvalue weighted by Gasteiger charge is -2.40. The number of nitrogens with zero attached hydrogens (tertiary/aromatic N) is 1. The van der Waals surface area contributed by atoms with E-state index in [2.05, 4.69) is 5.10 Å². The van der Waals surface area contributed by atoms with Crippen molar-refractivity contribution in [3.8, 4) is 0 Å². The number of nitrogens with one attached hydrogen (secondary N) is 1. The fraction of sp³-hybridized carbons (Fsp3) is 0.0909. The third-order valence-electron chi connectivity index (χ3n) is 2.43. The number of amidine groups is 1. The smallest absolute Gasteiger partial charge is 0.310 e. The van der Waals surface area contributed by atoms with Crippen molar-refractivity contribution in [1.29, 1.82) is 0 Å². The molecule has 0 fully saturated rings. The lowest BCUT2D eigenvalue weighted by Crippen LogP contribution is -2.19. The third-order valence-corrected chi connectivity index (χ3v) is 3.56. The first-order valence-corrected chi connectivity index (χ1v) is 7.77. The normalized spacial score (nSPS) is 16.1. The van der Waals surface area contributed by atoms with Crippen LogP contribution in [0.2, 0.25) is 0 Å². The maximum absolute atomic E-state index is 12.8. The second kappa shape index (κ2) is 5.58. The lowest BCUT2D eigenvalue weighted by atomic mass is 10.1. The summed E-state index contributed by atoms with van der Waals surface area (Å²) in [4.78, 5) is 7.87. The van der Waals surface area contributed by atoms with Gasteiger partial charge in [0, 0.05) is 23.4 Å². The molecule has 1 aromatic carbocycles. The lowest BCUT2D eigenvalue weighted by molar-refractivity contribution is -0.113. The van der Waals surface area contributed by atoms with Crippen LogP contribution in [-0.2, 0) is 4.79 Å². The molecule has 0 unspecified atom stereocenters. The second-order valence-corrected chi connectivity index (χ2v) is 6.83. The monoisotopic (exact) mass is 380 g/mol. The molecule has 1 aromatic rings. The number of primary amides is 1. The highest BCUT2D eigenvalue weighted by molar-refractivity contribution is 8.45. The van der Waals surface area contributed by atoms with Crippen molar-refractivity contribution in [2.45, 2.75) is 11.3 Å². The second-order valence-electron chi connectivity index (χ2n) is 4.42. The molecule has 5 N–H and O–H groups in total. The van der Waals surface area contributed by atoms with Crippen molar-refractivity contribution >= 4 is 22.0 Å². The maximum Gasteiger partial charge on any atom is 0.310 e. The van der Waals surface area contributed by atoms with Gasteiger partial charge in [-0.3, -0.25) is 10.2 Å². The van der Waals surface area contributed by atoms with E-state index in [1.807, 2.05) is 5.43 Å². The van der Waals surface area contributed by atoms with Crippen molar-refractivity contribution in [2.24, 2.45) is 16.6 Å². The van der Waals surface area contributed by atoms with Crippen LogP contribution in [0.15, 0.2) is 40.5 Å². The number of hydrogen-bond acceptors (Lipinski definition) is 3. The van der Waals surface area contributed by atoms with E-state index in [-0.39, 0.29) is 12.1 Å². The Morgan fingerprint density at radius 3 is 2.17 bits per heavy atom. The molecular weight excluding hydrogens is 369 g/mol. The van der Waals surface area contributed by atoms with Gasteiger partial charge in [0.1, 0.15) is 4.90 Å². The molecule has 0 radical (unpaired) electrons. The van der Waals surface area contributed by atoms with Crippen molar-refractivity contribution in [1.82, 2.24) is 5.43 Å². The van der Waals surface area contributed by atoms with Gasteiger partial charge in [0.25, 0.3) is 6.43 Å². The largest absolute Gasteiger partial charge is 0.382 e. The van der Waals surface area contributed by atoms with Gasteiger partial charge in [-0.15, -0.1) is 0 Å². The number of halogens is 7. The molecule has 0 atom stereocenters. The number of carbonyl (C=O) groups excluding carboxylic acids is 1. The predicted molar refractivity (Wildman–Crippen MR) is 75.0 cm³/mol. The Morgan fingerprint density at radius 1 is 1.12 bits per heavy atom. The van der Waals surface area contributed by atoms with E-state index < -0.39 is 44.4 Å². The predicted octanol–water partition coefficient (Wildman–Crippen LogP) is 3.49. The molecule has 0 saturated heterocycles. The molecule has 0 spiro atoms. The summed E-state index contributed by atoms with van der Waals surface area (Å²) < 4.78 is 89.5. The van der Waals surface area contributed by atoms with E-state index in [4.69, 9.17) is 11.5 Å². The average molecular weight is 380 g/mol. The van der Waals surface area contributed by atoms with Crippen LogP contribution in [0.1, 0.15) is 17.6 Å². The number of benzene rings is 1. The summed E-state index contributed by atoms with van der Waals surface area (Å²) >= 11 is 0. The molecule has 0 aromatic heterocycles. The van der Waals surface area contributed by atoms with Gasteiger partial charge in [0.2, 0.25) is 5.91 Å². The molecule has 0 aliphatic rings. The van der Waals surface area contributed by atoms with Crippen molar-refractivity contribution in [3.63, 3.8) is 0 Å². The molecule has 136 valence electrons. The SMILES string of the molecule is NC(=O)/C=C\N/N=C(\N)c1cc(C(F)F)cc(S(F)(F)(F)(F)F)c1. The molecule has 1 amide bonds. The molecule has 0 bridgehead atoms. The molecular formula is C11H11F7N4OS. The molecule has 13 heteroatoms. The first-order chi connectivity index (χ1) is 10.6. The summed E-state index contributed by atoms with van der Waals surface area (Å²) in [5.41, 5.74) is 9.87. The number of hydrazone groups is 1.